The van der Waals surface area contributed by atoms with E-state index in [0.717, 1.165) is 44.9 Å². The number of unbranched alkanes of at least 4 members (excludes halogenated alkanes) is 9. The molecule has 0 aliphatic rings. The van der Waals surface area contributed by atoms with Gasteiger partial charge in [-0.05, 0) is 51.4 Å². The Balaban J connectivity index is 3.85. The minimum atomic E-state index is -0.824. The maximum Gasteiger partial charge on any atom is 0.306 e. The highest BCUT2D eigenvalue weighted by Gasteiger charge is 2.15. The van der Waals surface area contributed by atoms with Gasteiger partial charge in [0.25, 0.3) is 0 Å². The summed E-state index contributed by atoms with van der Waals surface area (Å²) in [4.78, 5) is 24.1. The third kappa shape index (κ3) is 33.5. The van der Waals surface area contributed by atoms with Crippen molar-refractivity contribution in [3.8, 4) is 0 Å². The molecule has 0 aromatic heterocycles. The third-order valence-electron chi connectivity index (χ3n) is 6.76. The van der Waals surface area contributed by atoms with Crippen molar-refractivity contribution in [1.82, 2.24) is 0 Å². The minimum Gasteiger partial charge on any atom is -0.462 e. The number of rotatable bonds is 29. The number of hydrogen-bond acceptors (Lipinski definition) is 5. The molecule has 1 N–H and O–H groups in total. The van der Waals surface area contributed by atoms with Crippen LogP contribution in [0.5, 0.6) is 0 Å². The first-order valence-corrected chi connectivity index (χ1v) is 17.5. The monoisotopic (exact) mass is 634 g/mol. The topological polar surface area (TPSA) is 72.8 Å². The summed E-state index contributed by atoms with van der Waals surface area (Å²) >= 11 is 0. The lowest BCUT2D eigenvalue weighted by Crippen LogP contribution is -2.28. The second-order valence-corrected chi connectivity index (χ2v) is 11.0. The van der Waals surface area contributed by atoms with Crippen LogP contribution in [0.2, 0.25) is 0 Å². The van der Waals surface area contributed by atoms with Gasteiger partial charge in [0.05, 0.1) is 6.61 Å². The van der Waals surface area contributed by atoms with E-state index in [-0.39, 0.29) is 38.0 Å². The molecule has 0 bridgehead atoms. The quantitative estimate of drug-likeness (QED) is 0.0384. The van der Waals surface area contributed by atoms with Crippen LogP contribution in [-0.4, -0.2) is 36.4 Å². The molecule has 1 atom stereocenters. The molecule has 0 saturated carbocycles. The van der Waals surface area contributed by atoms with E-state index >= 15 is 0 Å². The van der Waals surface area contributed by atoms with E-state index in [1.165, 1.54) is 38.5 Å². The molecule has 0 aliphatic carbocycles. The van der Waals surface area contributed by atoms with E-state index in [1.54, 1.807) is 0 Å². The first-order chi connectivity index (χ1) is 22.6. The fourth-order valence-corrected chi connectivity index (χ4v) is 4.12. The molecule has 1 unspecified atom stereocenters. The van der Waals surface area contributed by atoms with Gasteiger partial charge in [0.15, 0.2) is 6.10 Å². The van der Waals surface area contributed by atoms with Gasteiger partial charge in [-0.25, -0.2) is 0 Å². The molecule has 0 spiro atoms. The van der Waals surface area contributed by atoms with Crippen molar-refractivity contribution >= 4 is 11.9 Å². The van der Waals surface area contributed by atoms with Gasteiger partial charge < -0.3 is 14.6 Å². The summed E-state index contributed by atoms with van der Waals surface area (Å²) in [5, 5.41) is 9.51. The SMILES string of the molecule is CC/C=C/C=C/C=C/C=C/C=C/C=C/C=C/CCCCCC(=O)OC(CO)COC(=O)CC/C=C/C/C=C/CCCCCCCC. The molecule has 0 radical (unpaired) electrons. The zero-order chi connectivity index (χ0) is 33.6. The molecule has 0 rings (SSSR count). The van der Waals surface area contributed by atoms with E-state index in [2.05, 4.69) is 44.2 Å². The van der Waals surface area contributed by atoms with E-state index in [4.69, 9.17) is 9.47 Å². The van der Waals surface area contributed by atoms with Gasteiger partial charge >= 0.3 is 11.9 Å². The highest BCUT2D eigenvalue weighted by molar-refractivity contribution is 5.70. The van der Waals surface area contributed by atoms with Crippen molar-refractivity contribution in [2.24, 2.45) is 0 Å². The number of aliphatic hydroxyl groups is 1. The molecule has 5 heteroatoms. The molecule has 0 aromatic carbocycles. The largest absolute Gasteiger partial charge is 0.462 e. The van der Waals surface area contributed by atoms with E-state index in [1.807, 2.05) is 79.0 Å². The fourth-order valence-electron chi connectivity index (χ4n) is 4.12. The molecular formula is C41H62O5. The molecule has 0 amide bonds. The lowest BCUT2D eigenvalue weighted by Gasteiger charge is -2.15. The number of hydrogen-bond donors (Lipinski definition) is 1. The normalized spacial score (nSPS) is 13.5. The van der Waals surface area contributed by atoms with Crippen molar-refractivity contribution in [2.75, 3.05) is 13.2 Å². The van der Waals surface area contributed by atoms with Crippen LogP contribution in [0.4, 0.5) is 0 Å². The molecular weight excluding hydrogens is 572 g/mol. The van der Waals surface area contributed by atoms with Crippen molar-refractivity contribution < 1.29 is 24.2 Å². The average molecular weight is 635 g/mol. The van der Waals surface area contributed by atoms with Crippen molar-refractivity contribution in [3.63, 3.8) is 0 Å². The summed E-state index contributed by atoms with van der Waals surface area (Å²) in [6.45, 7) is 3.85. The first-order valence-electron chi connectivity index (χ1n) is 17.5. The third-order valence-corrected chi connectivity index (χ3v) is 6.76. The van der Waals surface area contributed by atoms with Crippen molar-refractivity contribution in [2.45, 2.75) is 123 Å². The molecule has 0 fully saturated rings. The predicted octanol–water partition coefficient (Wildman–Crippen LogP) is 10.7. The maximum atomic E-state index is 12.1. The van der Waals surface area contributed by atoms with Crippen LogP contribution in [0.1, 0.15) is 117 Å². The van der Waals surface area contributed by atoms with Crippen LogP contribution >= 0.6 is 0 Å². The van der Waals surface area contributed by atoms with Crippen molar-refractivity contribution in [1.29, 1.82) is 0 Å². The van der Waals surface area contributed by atoms with Crippen LogP contribution < -0.4 is 0 Å². The lowest BCUT2D eigenvalue weighted by atomic mass is 10.1. The fraction of sp³-hybridized carbons (Fsp3) is 0.512. The van der Waals surface area contributed by atoms with Gasteiger partial charge in [-0.1, -0.05) is 162 Å². The Morgan fingerprint density at radius 3 is 1.67 bits per heavy atom. The zero-order valence-electron chi connectivity index (χ0n) is 28.8. The van der Waals surface area contributed by atoms with E-state index in [9.17, 15) is 14.7 Å². The standard InChI is InChI=1S/C41H62O5/c1-3-5-7-9-11-13-15-17-18-19-20-21-22-24-26-28-30-32-34-36-41(44)46-39(37-42)38-45-40(43)35-33-31-29-27-25-23-16-14-12-10-8-6-4-2/h5,7,9,11,13,15,17-26,29,31,39,42H,3-4,6,8,10,12,14,16,27-28,30,32-38H2,1-2H3/b7-5+,11-9+,15-13+,18-17+,20-19+,22-21+,25-23+,26-24+,31-29+. The van der Waals surface area contributed by atoms with Crippen LogP contribution in [0.3, 0.4) is 0 Å². The van der Waals surface area contributed by atoms with Gasteiger partial charge in [-0.2, -0.15) is 0 Å². The summed E-state index contributed by atoms with van der Waals surface area (Å²) in [6.07, 6.45) is 51.5. The molecule has 0 heterocycles. The molecule has 5 nitrogen and oxygen atoms in total. The number of esters is 2. The summed E-state index contributed by atoms with van der Waals surface area (Å²) in [5.41, 5.74) is 0. The Kier molecular flexibility index (Phi) is 33.3. The summed E-state index contributed by atoms with van der Waals surface area (Å²) in [7, 11) is 0. The van der Waals surface area contributed by atoms with E-state index in [0.29, 0.717) is 6.42 Å². The predicted molar refractivity (Wildman–Crippen MR) is 195 cm³/mol. The van der Waals surface area contributed by atoms with Gasteiger partial charge in [-0.15, -0.1) is 0 Å². The molecule has 0 aromatic rings. The van der Waals surface area contributed by atoms with Crippen LogP contribution in [0.15, 0.2) is 109 Å². The second-order valence-electron chi connectivity index (χ2n) is 11.0. The Bertz CT molecular complexity index is 990. The Hall–Kier alpha value is -3.44. The van der Waals surface area contributed by atoms with Crippen LogP contribution in [-0.2, 0) is 19.1 Å². The highest BCUT2D eigenvalue weighted by Crippen LogP contribution is 2.08. The first kappa shape index (κ1) is 42.6. The molecule has 0 aliphatic heterocycles. The number of ether oxygens (including phenoxy) is 2. The molecule has 256 valence electrons. The van der Waals surface area contributed by atoms with Crippen molar-refractivity contribution in [3.05, 3.63) is 109 Å². The smallest absolute Gasteiger partial charge is 0.306 e. The summed E-state index contributed by atoms with van der Waals surface area (Å²) < 4.78 is 10.5. The zero-order valence-corrected chi connectivity index (χ0v) is 28.8. The Morgan fingerprint density at radius 2 is 1.07 bits per heavy atom. The second kappa shape index (κ2) is 36.0. The highest BCUT2D eigenvalue weighted by atomic mass is 16.6. The average Bonchev–Trinajstić information content (AvgIpc) is 3.06. The lowest BCUT2D eigenvalue weighted by molar-refractivity contribution is -0.161. The number of allylic oxidation sites excluding steroid dienone is 18. The Morgan fingerprint density at radius 1 is 0.543 bits per heavy atom. The number of carbonyl (C=O) groups excluding carboxylic acids is 2. The van der Waals surface area contributed by atoms with Gasteiger partial charge in [0.2, 0.25) is 0 Å². The van der Waals surface area contributed by atoms with Gasteiger partial charge in [0, 0.05) is 12.8 Å². The van der Waals surface area contributed by atoms with E-state index < -0.39 is 6.10 Å². The van der Waals surface area contributed by atoms with Gasteiger partial charge in [0.1, 0.15) is 6.61 Å². The Labute approximate surface area is 280 Å². The summed E-state index contributed by atoms with van der Waals surface area (Å²) in [6, 6.07) is 0. The minimum absolute atomic E-state index is 0.123. The number of carbonyl (C=O) groups is 2. The summed E-state index contributed by atoms with van der Waals surface area (Å²) in [5.74, 6) is -0.737. The molecule has 0 saturated heterocycles. The van der Waals surface area contributed by atoms with Crippen LogP contribution in [0.25, 0.3) is 0 Å². The van der Waals surface area contributed by atoms with Crippen LogP contribution in [0, 0.1) is 0 Å². The van der Waals surface area contributed by atoms with Gasteiger partial charge in [-0.3, -0.25) is 9.59 Å². The number of aliphatic hydroxyl groups excluding tert-OH is 1. The molecule has 46 heavy (non-hydrogen) atoms. The maximum absolute atomic E-state index is 12.1.